The predicted molar refractivity (Wildman–Crippen MR) is 117 cm³/mol. The number of hydrogen-bond donors (Lipinski definition) is 0. The van der Waals surface area contributed by atoms with Gasteiger partial charge < -0.3 is 9.64 Å². The van der Waals surface area contributed by atoms with Crippen LogP contribution in [0.15, 0.2) is 6.07 Å². The van der Waals surface area contributed by atoms with Crippen molar-refractivity contribution in [3.8, 4) is 18.4 Å². The fraction of sp³-hybridized carbons (Fsp3) is 0.640. The van der Waals surface area contributed by atoms with Crippen LogP contribution >= 0.6 is 0 Å². The monoisotopic (exact) mass is 391 g/mol. The van der Waals surface area contributed by atoms with Crippen molar-refractivity contribution >= 4 is 5.69 Å². The zero-order valence-electron chi connectivity index (χ0n) is 18.3. The van der Waals surface area contributed by atoms with E-state index in [9.17, 15) is 5.26 Å². The molecule has 154 valence electrons. The van der Waals surface area contributed by atoms with Crippen molar-refractivity contribution in [2.24, 2.45) is 5.92 Å². The van der Waals surface area contributed by atoms with Gasteiger partial charge in [0.2, 0.25) is 0 Å². The molecule has 0 amide bonds. The van der Waals surface area contributed by atoms with Crippen LogP contribution in [0.3, 0.4) is 0 Å². The van der Waals surface area contributed by atoms with Crippen molar-refractivity contribution < 1.29 is 4.74 Å². The lowest BCUT2D eigenvalue weighted by Gasteiger charge is -2.44. The van der Waals surface area contributed by atoms with Crippen molar-refractivity contribution in [3.63, 3.8) is 0 Å². The van der Waals surface area contributed by atoms with Gasteiger partial charge in [0.05, 0.1) is 30.0 Å². The van der Waals surface area contributed by atoms with Gasteiger partial charge in [-0.1, -0.05) is 19.8 Å². The van der Waals surface area contributed by atoms with Crippen LogP contribution in [0, 0.1) is 29.6 Å². The van der Waals surface area contributed by atoms with Crippen molar-refractivity contribution in [2.45, 2.75) is 71.1 Å². The zero-order chi connectivity index (χ0) is 20.8. The van der Waals surface area contributed by atoms with E-state index in [0.717, 1.165) is 37.3 Å². The zero-order valence-corrected chi connectivity index (χ0v) is 18.3. The first-order valence-electron chi connectivity index (χ1n) is 11.0. The summed E-state index contributed by atoms with van der Waals surface area (Å²) >= 11 is 0. The van der Waals surface area contributed by atoms with Crippen LogP contribution in [0.2, 0.25) is 0 Å². The Morgan fingerprint density at radius 3 is 2.66 bits per heavy atom. The molecule has 29 heavy (non-hydrogen) atoms. The van der Waals surface area contributed by atoms with Gasteiger partial charge in [-0.25, -0.2) is 0 Å². The lowest BCUT2D eigenvalue weighted by atomic mass is 9.83. The average Bonchev–Trinajstić information content (AvgIpc) is 3.51. The normalized spacial score (nSPS) is 24.1. The van der Waals surface area contributed by atoms with Crippen LogP contribution in [0.25, 0.3) is 0 Å². The Morgan fingerprint density at radius 2 is 2.03 bits per heavy atom. The number of piperazine rings is 1. The molecular weight excluding hydrogens is 358 g/mol. The summed E-state index contributed by atoms with van der Waals surface area (Å²) in [5.74, 6) is 3.98. The Kier molecular flexibility index (Phi) is 5.36. The standard InChI is InChI=1S/C25H33N3O/c1-6-9-27-10-11-28(15-24(27)17(2)3)23-12-19(18-7-8-18)22-16-29-25(4,5)13-20(22)21(23)14-26/h1,12,17-18,24H,7-11,13,15-16H2,2-5H3/t24-/m0/s1. The highest BCUT2D eigenvalue weighted by Gasteiger charge is 2.37. The van der Waals surface area contributed by atoms with E-state index in [0.29, 0.717) is 31.0 Å². The molecule has 1 saturated carbocycles. The van der Waals surface area contributed by atoms with Crippen molar-refractivity contribution in [1.82, 2.24) is 4.90 Å². The first kappa shape index (κ1) is 20.3. The maximum Gasteiger partial charge on any atom is 0.102 e. The number of nitrogens with zero attached hydrogens (tertiary/aromatic N) is 3. The van der Waals surface area contributed by atoms with Gasteiger partial charge in [0.25, 0.3) is 0 Å². The Labute approximate surface area is 175 Å². The second-order valence-electron chi connectivity index (χ2n) is 9.86. The molecule has 1 saturated heterocycles. The average molecular weight is 392 g/mol. The SMILES string of the molecule is C#CCN1CCN(c2cc(C3CC3)c3c(c2C#N)CC(C)(C)OC3)C[C@H]1C(C)C. The van der Waals surface area contributed by atoms with E-state index in [4.69, 9.17) is 11.2 Å². The fourth-order valence-corrected chi connectivity index (χ4v) is 5.04. The number of terminal acetylenes is 1. The minimum Gasteiger partial charge on any atom is -0.371 e. The number of hydrogen-bond acceptors (Lipinski definition) is 4. The van der Waals surface area contributed by atoms with E-state index in [1.807, 2.05) is 0 Å². The van der Waals surface area contributed by atoms with Gasteiger partial charge in [0.1, 0.15) is 6.07 Å². The molecule has 1 atom stereocenters. The molecule has 1 aromatic carbocycles. The second-order valence-corrected chi connectivity index (χ2v) is 9.86. The topological polar surface area (TPSA) is 39.5 Å². The quantitative estimate of drug-likeness (QED) is 0.726. The van der Waals surface area contributed by atoms with E-state index in [-0.39, 0.29) is 5.60 Å². The van der Waals surface area contributed by atoms with E-state index in [1.54, 1.807) is 0 Å². The Balaban J connectivity index is 1.75. The molecule has 4 heteroatoms. The highest BCUT2D eigenvalue weighted by atomic mass is 16.5. The molecule has 0 unspecified atom stereocenters. The summed E-state index contributed by atoms with van der Waals surface area (Å²) in [5.41, 5.74) is 5.74. The first-order chi connectivity index (χ1) is 13.8. The molecule has 0 radical (unpaired) electrons. The maximum absolute atomic E-state index is 10.2. The molecule has 2 aliphatic heterocycles. The van der Waals surface area contributed by atoms with E-state index < -0.39 is 0 Å². The smallest absolute Gasteiger partial charge is 0.102 e. The molecule has 1 aromatic rings. The minimum absolute atomic E-state index is 0.218. The summed E-state index contributed by atoms with van der Waals surface area (Å²) in [5, 5.41) is 10.2. The molecule has 0 N–H and O–H groups in total. The molecule has 2 fully saturated rings. The number of fused-ring (bicyclic) bond motifs is 1. The number of ether oxygens (including phenoxy) is 1. The summed E-state index contributed by atoms with van der Waals surface area (Å²) in [4.78, 5) is 4.87. The van der Waals surface area contributed by atoms with Crippen LogP contribution < -0.4 is 4.90 Å². The molecule has 1 aliphatic carbocycles. The lowest BCUT2D eigenvalue weighted by Crippen LogP contribution is -2.55. The summed E-state index contributed by atoms with van der Waals surface area (Å²) in [6, 6.07) is 5.32. The van der Waals surface area contributed by atoms with Crippen LogP contribution in [0.4, 0.5) is 5.69 Å². The highest BCUT2D eigenvalue weighted by molar-refractivity contribution is 5.68. The number of anilines is 1. The third-order valence-corrected chi connectivity index (χ3v) is 6.84. The lowest BCUT2D eigenvalue weighted by molar-refractivity contribution is -0.0405. The minimum atomic E-state index is -0.218. The largest absolute Gasteiger partial charge is 0.371 e. The summed E-state index contributed by atoms with van der Waals surface area (Å²) in [7, 11) is 0. The highest BCUT2D eigenvalue weighted by Crippen LogP contribution is 2.47. The summed E-state index contributed by atoms with van der Waals surface area (Å²) < 4.78 is 6.14. The Hall–Kier alpha value is -2.01. The van der Waals surface area contributed by atoms with Crippen LogP contribution in [0.1, 0.15) is 68.7 Å². The number of benzene rings is 1. The van der Waals surface area contributed by atoms with Gasteiger partial charge in [-0.15, -0.1) is 6.42 Å². The fourth-order valence-electron chi connectivity index (χ4n) is 5.04. The van der Waals surface area contributed by atoms with Gasteiger partial charge in [-0.3, -0.25) is 4.90 Å². The molecule has 0 spiro atoms. The molecule has 4 nitrogen and oxygen atoms in total. The van der Waals surface area contributed by atoms with E-state index in [1.165, 1.54) is 29.5 Å². The maximum atomic E-state index is 10.2. The molecule has 2 heterocycles. The van der Waals surface area contributed by atoms with Crippen molar-refractivity contribution in [3.05, 3.63) is 28.3 Å². The Morgan fingerprint density at radius 1 is 1.28 bits per heavy atom. The molecule has 4 rings (SSSR count). The van der Waals surface area contributed by atoms with Gasteiger partial charge in [0, 0.05) is 32.1 Å². The third-order valence-electron chi connectivity index (χ3n) is 6.84. The van der Waals surface area contributed by atoms with Crippen molar-refractivity contribution in [1.29, 1.82) is 5.26 Å². The predicted octanol–water partition coefficient (Wildman–Crippen LogP) is 4.07. The van der Waals surface area contributed by atoms with Crippen molar-refractivity contribution in [2.75, 3.05) is 31.1 Å². The van der Waals surface area contributed by atoms with Gasteiger partial charge >= 0.3 is 0 Å². The first-order valence-corrected chi connectivity index (χ1v) is 11.0. The van der Waals surface area contributed by atoms with Gasteiger partial charge in [-0.2, -0.15) is 5.26 Å². The number of nitriles is 1. The number of rotatable bonds is 4. The van der Waals surface area contributed by atoms with E-state index >= 15 is 0 Å². The molecular formula is C25H33N3O. The molecule has 0 aromatic heterocycles. The molecule has 3 aliphatic rings. The second kappa shape index (κ2) is 7.67. The summed E-state index contributed by atoms with van der Waals surface area (Å²) in [6.07, 6.45) is 8.94. The third kappa shape index (κ3) is 3.89. The van der Waals surface area contributed by atoms with E-state index in [2.05, 4.69) is 55.6 Å². The van der Waals surface area contributed by atoms with Crippen LogP contribution in [-0.4, -0.2) is 42.7 Å². The van der Waals surface area contributed by atoms with Gasteiger partial charge in [0.15, 0.2) is 0 Å². The Bertz CT molecular complexity index is 870. The van der Waals surface area contributed by atoms with Crippen LogP contribution in [-0.2, 0) is 17.8 Å². The van der Waals surface area contributed by atoms with Crippen LogP contribution in [0.5, 0.6) is 0 Å². The summed E-state index contributed by atoms with van der Waals surface area (Å²) in [6.45, 7) is 12.9. The molecule has 0 bridgehead atoms. The van der Waals surface area contributed by atoms with Gasteiger partial charge in [-0.05, 0) is 61.3 Å².